The van der Waals surface area contributed by atoms with Crippen LogP contribution >= 0.6 is 0 Å². The van der Waals surface area contributed by atoms with Gasteiger partial charge in [0.1, 0.15) is 0 Å². The molecule has 0 saturated carbocycles. The van der Waals surface area contributed by atoms with E-state index in [9.17, 15) is 0 Å². The Balaban J connectivity index is 2.67. The Morgan fingerprint density at radius 2 is 1.43 bits per heavy atom. The second kappa shape index (κ2) is 6.66. The molecular formula is C19H26N2. The van der Waals surface area contributed by atoms with Crippen LogP contribution in [0.5, 0.6) is 0 Å². The van der Waals surface area contributed by atoms with Crippen molar-refractivity contribution in [1.82, 2.24) is 0 Å². The molecule has 4 N–H and O–H groups in total. The standard InChI is InChI=1S/C19H26N2/c1-3-13-19(14-4-2,15-9-6-5-7-10-15)16-11-8-12-17(20)18(16)21/h5-12H,3-4,13-14,20-21H2,1-2H3. The maximum atomic E-state index is 6.34. The number of rotatable bonds is 6. The van der Waals surface area contributed by atoms with Gasteiger partial charge in [-0.2, -0.15) is 0 Å². The first-order valence-electron chi connectivity index (χ1n) is 7.85. The number of hydrogen-bond acceptors (Lipinski definition) is 2. The molecule has 21 heavy (non-hydrogen) atoms. The molecule has 0 bridgehead atoms. The van der Waals surface area contributed by atoms with Gasteiger partial charge in [0.25, 0.3) is 0 Å². The van der Waals surface area contributed by atoms with Crippen LogP contribution in [0.2, 0.25) is 0 Å². The number of para-hydroxylation sites is 1. The van der Waals surface area contributed by atoms with Gasteiger partial charge in [-0.3, -0.25) is 0 Å². The SMILES string of the molecule is CCCC(CCC)(c1ccccc1)c1cccc(N)c1N. The van der Waals surface area contributed by atoms with Gasteiger partial charge in [-0.1, -0.05) is 69.2 Å². The van der Waals surface area contributed by atoms with E-state index < -0.39 is 0 Å². The monoisotopic (exact) mass is 282 g/mol. The van der Waals surface area contributed by atoms with Crippen molar-refractivity contribution < 1.29 is 0 Å². The summed E-state index contributed by atoms with van der Waals surface area (Å²) in [4.78, 5) is 0. The highest BCUT2D eigenvalue weighted by molar-refractivity contribution is 5.70. The molecule has 0 radical (unpaired) electrons. The van der Waals surface area contributed by atoms with Crippen LogP contribution in [-0.4, -0.2) is 0 Å². The van der Waals surface area contributed by atoms with Crippen molar-refractivity contribution >= 4 is 11.4 Å². The number of nitrogen functional groups attached to an aromatic ring is 2. The predicted molar refractivity (Wildman–Crippen MR) is 92.3 cm³/mol. The molecule has 0 aromatic heterocycles. The molecule has 0 aliphatic rings. The van der Waals surface area contributed by atoms with E-state index in [0.29, 0.717) is 5.69 Å². The van der Waals surface area contributed by atoms with Crippen molar-refractivity contribution in [1.29, 1.82) is 0 Å². The molecule has 0 aliphatic heterocycles. The molecule has 0 amide bonds. The number of hydrogen-bond donors (Lipinski definition) is 2. The fraction of sp³-hybridized carbons (Fsp3) is 0.368. The van der Waals surface area contributed by atoms with E-state index >= 15 is 0 Å². The average molecular weight is 282 g/mol. The van der Waals surface area contributed by atoms with E-state index in [4.69, 9.17) is 11.5 Å². The summed E-state index contributed by atoms with van der Waals surface area (Å²) in [7, 11) is 0. The normalized spacial score (nSPS) is 11.5. The average Bonchev–Trinajstić information content (AvgIpc) is 2.51. The lowest BCUT2D eigenvalue weighted by atomic mass is 9.68. The summed E-state index contributed by atoms with van der Waals surface area (Å²) >= 11 is 0. The number of benzene rings is 2. The van der Waals surface area contributed by atoms with Crippen LogP contribution in [-0.2, 0) is 5.41 Å². The summed E-state index contributed by atoms with van der Waals surface area (Å²) in [6, 6.07) is 16.8. The first kappa shape index (κ1) is 15.4. The quantitative estimate of drug-likeness (QED) is 0.752. The summed E-state index contributed by atoms with van der Waals surface area (Å²) in [5.41, 5.74) is 16.3. The highest BCUT2D eigenvalue weighted by Crippen LogP contribution is 2.44. The van der Waals surface area contributed by atoms with Gasteiger partial charge < -0.3 is 11.5 Å². The Morgan fingerprint density at radius 3 is 2.00 bits per heavy atom. The minimum Gasteiger partial charge on any atom is -0.397 e. The van der Waals surface area contributed by atoms with Gasteiger partial charge in [0.05, 0.1) is 11.4 Å². The summed E-state index contributed by atoms with van der Waals surface area (Å²) < 4.78 is 0. The van der Waals surface area contributed by atoms with Gasteiger partial charge >= 0.3 is 0 Å². The van der Waals surface area contributed by atoms with Gasteiger partial charge in [-0.25, -0.2) is 0 Å². The smallest absolute Gasteiger partial charge is 0.0589 e. The zero-order valence-corrected chi connectivity index (χ0v) is 13.1. The van der Waals surface area contributed by atoms with Crippen molar-refractivity contribution in [2.45, 2.75) is 44.9 Å². The Hall–Kier alpha value is -1.96. The van der Waals surface area contributed by atoms with Gasteiger partial charge in [0.2, 0.25) is 0 Å². The fourth-order valence-corrected chi connectivity index (χ4v) is 3.45. The zero-order valence-electron chi connectivity index (χ0n) is 13.1. The first-order valence-corrected chi connectivity index (χ1v) is 7.85. The Kier molecular flexibility index (Phi) is 4.89. The lowest BCUT2D eigenvalue weighted by Gasteiger charge is -2.36. The Morgan fingerprint density at radius 1 is 0.810 bits per heavy atom. The summed E-state index contributed by atoms with van der Waals surface area (Å²) in [6.07, 6.45) is 4.39. The summed E-state index contributed by atoms with van der Waals surface area (Å²) in [5.74, 6) is 0. The van der Waals surface area contributed by atoms with E-state index in [0.717, 1.165) is 31.4 Å². The van der Waals surface area contributed by atoms with E-state index in [1.807, 2.05) is 12.1 Å². The van der Waals surface area contributed by atoms with Crippen molar-refractivity contribution in [3.8, 4) is 0 Å². The van der Waals surface area contributed by atoms with Crippen LogP contribution in [0.4, 0.5) is 11.4 Å². The van der Waals surface area contributed by atoms with E-state index in [1.54, 1.807) is 0 Å². The van der Waals surface area contributed by atoms with Crippen LogP contribution in [0.3, 0.4) is 0 Å². The topological polar surface area (TPSA) is 52.0 Å². The highest BCUT2D eigenvalue weighted by Gasteiger charge is 2.34. The van der Waals surface area contributed by atoms with Gasteiger partial charge in [-0.15, -0.1) is 0 Å². The third kappa shape index (κ3) is 2.90. The molecule has 0 spiro atoms. The van der Waals surface area contributed by atoms with Crippen molar-refractivity contribution in [2.75, 3.05) is 11.5 Å². The first-order chi connectivity index (χ1) is 10.2. The van der Waals surface area contributed by atoms with E-state index in [1.165, 1.54) is 11.1 Å². The maximum Gasteiger partial charge on any atom is 0.0589 e. The molecule has 2 aromatic rings. The largest absolute Gasteiger partial charge is 0.397 e. The third-order valence-electron chi connectivity index (χ3n) is 4.34. The molecule has 112 valence electrons. The van der Waals surface area contributed by atoms with Gasteiger partial charge in [0, 0.05) is 5.41 Å². The van der Waals surface area contributed by atoms with Crippen LogP contribution in [0.1, 0.15) is 50.7 Å². The molecule has 0 heterocycles. The molecule has 2 nitrogen and oxygen atoms in total. The lowest BCUT2D eigenvalue weighted by molar-refractivity contribution is 0.427. The van der Waals surface area contributed by atoms with Crippen LogP contribution in [0.25, 0.3) is 0 Å². The fourth-order valence-electron chi connectivity index (χ4n) is 3.45. The van der Waals surface area contributed by atoms with Crippen LogP contribution in [0, 0.1) is 0 Å². The molecule has 0 unspecified atom stereocenters. The third-order valence-corrected chi connectivity index (χ3v) is 4.34. The number of nitrogens with two attached hydrogens (primary N) is 2. The van der Waals surface area contributed by atoms with Crippen molar-refractivity contribution in [3.63, 3.8) is 0 Å². The Bertz CT molecular complexity index is 569. The second-order valence-electron chi connectivity index (χ2n) is 5.76. The number of anilines is 2. The molecule has 0 aliphatic carbocycles. The molecule has 0 atom stereocenters. The Labute approximate surface area is 128 Å². The highest BCUT2D eigenvalue weighted by atomic mass is 14.7. The maximum absolute atomic E-state index is 6.34. The summed E-state index contributed by atoms with van der Waals surface area (Å²) in [5, 5.41) is 0. The minimum absolute atomic E-state index is 0.0375. The molecule has 0 fully saturated rings. The van der Waals surface area contributed by atoms with Crippen LogP contribution in [0.15, 0.2) is 48.5 Å². The van der Waals surface area contributed by atoms with Crippen molar-refractivity contribution in [3.05, 3.63) is 59.7 Å². The lowest BCUT2D eigenvalue weighted by Crippen LogP contribution is -2.29. The molecular weight excluding hydrogens is 256 g/mol. The second-order valence-corrected chi connectivity index (χ2v) is 5.76. The molecule has 2 heteroatoms. The van der Waals surface area contributed by atoms with E-state index in [2.05, 4.69) is 50.2 Å². The van der Waals surface area contributed by atoms with Gasteiger partial charge in [-0.05, 0) is 30.0 Å². The van der Waals surface area contributed by atoms with E-state index in [-0.39, 0.29) is 5.41 Å². The van der Waals surface area contributed by atoms with Gasteiger partial charge in [0.15, 0.2) is 0 Å². The molecule has 0 saturated heterocycles. The molecule has 2 aromatic carbocycles. The zero-order chi connectivity index (χ0) is 15.3. The summed E-state index contributed by atoms with van der Waals surface area (Å²) in [6.45, 7) is 4.46. The minimum atomic E-state index is -0.0375. The predicted octanol–water partition coefficient (Wildman–Crippen LogP) is 4.74. The van der Waals surface area contributed by atoms with Crippen LogP contribution < -0.4 is 11.5 Å². The van der Waals surface area contributed by atoms with Crippen molar-refractivity contribution in [2.24, 2.45) is 0 Å². The molecule has 2 rings (SSSR count).